The molecule has 0 amide bonds. The number of halogens is 1. The van der Waals surface area contributed by atoms with Gasteiger partial charge in [0, 0.05) is 49.4 Å². The van der Waals surface area contributed by atoms with E-state index in [-0.39, 0.29) is 0 Å². The third-order valence-electron chi connectivity index (χ3n) is 3.77. The van der Waals surface area contributed by atoms with Crippen molar-refractivity contribution >= 4 is 21.7 Å². The molecule has 2 heterocycles. The second-order valence-corrected chi connectivity index (χ2v) is 6.30. The van der Waals surface area contributed by atoms with Crippen LogP contribution in [0.15, 0.2) is 16.7 Å². The van der Waals surface area contributed by atoms with Crippen molar-refractivity contribution < 1.29 is 0 Å². The van der Waals surface area contributed by atoms with Crippen LogP contribution in [-0.2, 0) is 0 Å². The number of hydrogen-bond acceptors (Lipinski definition) is 4. The maximum Gasteiger partial charge on any atom is 0.128 e. The highest BCUT2D eigenvalue weighted by Gasteiger charge is 2.18. The second-order valence-electron chi connectivity index (χ2n) is 5.39. The molecule has 0 radical (unpaired) electrons. The summed E-state index contributed by atoms with van der Waals surface area (Å²) < 4.78 is 1.03. The molecule has 1 aromatic rings. The molecule has 1 atom stereocenters. The van der Waals surface area contributed by atoms with Gasteiger partial charge >= 0.3 is 0 Å². The van der Waals surface area contributed by atoms with Crippen LogP contribution < -0.4 is 5.32 Å². The maximum absolute atomic E-state index is 4.42. The van der Waals surface area contributed by atoms with Crippen molar-refractivity contribution in [3.63, 3.8) is 0 Å². The van der Waals surface area contributed by atoms with Crippen LogP contribution in [0.5, 0.6) is 0 Å². The largest absolute Gasteiger partial charge is 0.368 e. The SMILES string of the molecule is Cc1cc(Br)cnc1NC[C@@H](C)N1CCN(C)CC1. The van der Waals surface area contributed by atoms with Crippen LogP contribution in [0, 0.1) is 6.92 Å². The number of aromatic nitrogens is 1. The van der Waals surface area contributed by atoms with Crippen LogP contribution in [-0.4, -0.2) is 60.6 Å². The Morgan fingerprint density at radius 1 is 1.37 bits per heavy atom. The Hall–Kier alpha value is -0.650. The van der Waals surface area contributed by atoms with Gasteiger partial charge in [-0.1, -0.05) is 0 Å². The minimum atomic E-state index is 0.540. The van der Waals surface area contributed by atoms with Gasteiger partial charge in [-0.05, 0) is 48.5 Å². The molecule has 2 rings (SSSR count). The topological polar surface area (TPSA) is 31.4 Å². The maximum atomic E-state index is 4.42. The summed E-state index contributed by atoms with van der Waals surface area (Å²) in [6, 6.07) is 2.63. The Kier molecular flexibility index (Phi) is 5.19. The minimum absolute atomic E-state index is 0.540. The summed E-state index contributed by atoms with van der Waals surface area (Å²) in [7, 11) is 2.19. The van der Waals surface area contributed by atoms with Crippen LogP contribution >= 0.6 is 15.9 Å². The molecule has 106 valence electrons. The number of pyridine rings is 1. The highest BCUT2D eigenvalue weighted by atomic mass is 79.9. The molecule has 19 heavy (non-hydrogen) atoms. The van der Waals surface area contributed by atoms with Crippen molar-refractivity contribution in [1.82, 2.24) is 14.8 Å². The monoisotopic (exact) mass is 326 g/mol. The summed E-state index contributed by atoms with van der Waals surface area (Å²) in [5.74, 6) is 0.990. The average molecular weight is 327 g/mol. The molecule has 1 aliphatic rings. The van der Waals surface area contributed by atoms with Gasteiger partial charge < -0.3 is 10.2 Å². The van der Waals surface area contributed by atoms with Crippen molar-refractivity contribution in [3.8, 4) is 0 Å². The van der Waals surface area contributed by atoms with Gasteiger partial charge in [0.1, 0.15) is 5.82 Å². The first-order chi connectivity index (χ1) is 9.06. The smallest absolute Gasteiger partial charge is 0.128 e. The summed E-state index contributed by atoms with van der Waals surface area (Å²) in [5, 5.41) is 3.46. The predicted molar refractivity (Wildman–Crippen MR) is 83.7 cm³/mol. The van der Waals surface area contributed by atoms with Crippen molar-refractivity contribution in [1.29, 1.82) is 0 Å². The molecule has 0 aromatic carbocycles. The molecule has 1 aliphatic heterocycles. The third-order valence-corrected chi connectivity index (χ3v) is 4.20. The molecular weight excluding hydrogens is 304 g/mol. The van der Waals surface area contributed by atoms with E-state index in [1.807, 2.05) is 6.20 Å². The van der Waals surface area contributed by atoms with Gasteiger partial charge in [-0.15, -0.1) is 0 Å². The zero-order chi connectivity index (χ0) is 13.8. The van der Waals surface area contributed by atoms with E-state index in [0.717, 1.165) is 29.9 Å². The normalized spacial score (nSPS) is 19.4. The summed E-state index contributed by atoms with van der Waals surface area (Å²) >= 11 is 3.44. The molecule has 0 bridgehead atoms. The van der Waals surface area contributed by atoms with Gasteiger partial charge in [0.25, 0.3) is 0 Å². The van der Waals surface area contributed by atoms with Crippen LogP contribution in [0.25, 0.3) is 0 Å². The molecular formula is C14H23BrN4. The zero-order valence-electron chi connectivity index (χ0n) is 12.0. The van der Waals surface area contributed by atoms with E-state index in [1.165, 1.54) is 18.7 Å². The molecule has 0 aliphatic carbocycles. The van der Waals surface area contributed by atoms with Crippen molar-refractivity contribution in [3.05, 3.63) is 22.3 Å². The fourth-order valence-electron chi connectivity index (χ4n) is 2.36. The number of nitrogens with zero attached hydrogens (tertiary/aromatic N) is 3. The summed E-state index contributed by atoms with van der Waals surface area (Å²) in [6.07, 6.45) is 1.84. The molecule has 0 saturated carbocycles. The first-order valence-corrected chi connectivity index (χ1v) is 7.64. The van der Waals surface area contributed by atoms with E-state index in [9.17, 15) is 0 Å². The molecule has 5 heteroatoms. The summed E-state index contributed by atoms with van der Waals surface area (Å²) in [5.41, 5.74) is 1.18. The number of nitrogens with one attached hydrogen (secondary N) is 1. The van der Waals surface area contributed by atoms with E-state index in [1.54, 1.807) is 0 Å². The van der Waals surface area contributed by atoms with Crippen LogP contribution in [0.2, 0.25) is 0 Å². The highest BCUT2D eigenvalue weighted by molar-refractivity contribution is 9.10. The number of piperazine rings is 1. The Labute approximate surface area is 124 Å². The lowest BCUT2D eigenvalue weighted by Crippen LogP contribution is -2.49. The van der Waals surface area contributed by atoms with E-state index >= 15 is 0 Å². The number of rotatable bonds is 4. The van der Waals surface area contributed by atoms with E-state index in [0.29, 0.717) is 6.04 Å². The van der Waals surface area contributed by atoms with E-state index < -0.39 is 0 Å². The third kappa shape index (κ3) is 4.16. The van der Waals surface area contributed by atoms with Crippen LogP contribution in [0.3, 0.4) is 0 Å². The Bertz CT molecular complexity index is 416. The molecule has 4 nitrogen and oxygen atoms in total. The van der Waals surface area contributed by atoms with Gasteiger partial charge in [0.15, 0.2) is 0 Å². The molecule has 1 aromatic heterocycles. The second kappa shape index (κ2) is 6.68. The van der Waals surface area contributed by atoms with Crippen molar-refractivity contribution in [2.45, 2.75) is 19.9 Å². The molecule has 0 unspecified atom stereocenters. The van der Waals surface area contributed by atoms with E-state index in [4.69, 9.17) is 0 Å². The Morgan fingerprint density at radius 3 is 2.68 bits per heavy atom. The number of aryl methyl sites for hydroxylation is 1. The molecule has 1 N–H and O–H groups in total. The van der Waals surface area contributed by atoms with Gasteiger partial charge in [0.2, 0.25) is 0 Å². The predicted octanol–water partition coefficient (Wildman–Crippen LogP) is 2.20. The molecule has 1 saturated heterocycles. The lowest BCUT2D eigenvalue weighted by Gasteiger charge is -2.36. The minimum Gasteiger partial charge on any atom is -0.368 e. The summed E-state index contributed by atoms with van der Waals surface area (Å²) in [4.78, 5) is 9.35. The lowest BCUT2D eigenvalue weighted by molar-refractivity contribution is 0.123. The summed E-state index contributed by atoms with van der Waals surface area (Å²) in [6.45, 7) is 9.96. The highest BCUT2D eigenvalue weighted by Crippen LogP contribution is 2.17. The number of hydrogen-bond donors (Lipinski definition) is 1. The van der Waals surface area contributed by atoms with Gasteiger partial charge in [-0.25, -0.2) is 4.98 Å². The number of likely N-dealkylation sites (N-methyl/N-ethyl adjacent to an activating group) is 1. The van der Waals surface area contributed by atoms with Crippen LogP contribution in [0.4, 0.5) is 5.82 Å². The van der Waals surface area contributed by atoms with E-state index in [2.05, 4.69) is 63.0 Å². The average Bonchev–Trinajstić information content (AvgIpc) is 2.38. The molecule has 0 spiro atoms. The van der Waals surface area contributed by atoms with Crippen molar-refractivity contribution in [2.24, 2.45) is 0 Å². The van der Waals surface area contributed by atoms with Gasteiger partial charge in [-0.2, -0.15) is 0 Å². The molecule has 1 fully saturated rings. The first kappa shape index (κ1) is 14.8. The van der Waals surface area contributed by atoms with Crippen LogP contribution in [0.1, 0.15) is 12.5 Å². The Balaban J connectivity index is 1.84. The first-order valence-electron chi connectivity index (χ1n) is 6.85. The Morgan fingerprint density at radius 2 is 2.05 bits per heavy atom. The van der Waals surface area contributed by atoms with Crippen molar-refractivity contribution in [2.75, 3.05) is 45.1 Å². The number of anilines is 1. The van der Waals surface area contributed by atoms with Gasteiger partial charge in [-0.3, -0.25) is 4.90 Å². The zero-order valence-corrected chi connectivity index (χ0v) is 13.6. The fraction of sp³-hybridized carbons (Fsp3) is 0.643. The lowest BCUT2D eigenvalue weighted by atomic mass is 10.2. The standard InChI is InChI=1S/C14H23BrN4/c1-11-8-13(15)10-17-14(11)16-9-12(2)19-6-4-18(3)5-7-19/h8,10,12H,4-7,9H2,1-3H3,(H,16,17)/t12-/m1/s1. The van der Waals surface area contributed by atoms with Gasteiger partial charge in [0.05, 0.1) is 0 Å². The quantitative estimate of drug-likeness (QED) is 0.919. The fourth-order valence-corrected chi connectivity index (χ4v) is 2.81.